The van der Waals surface area contributed by atoms with Gasteiger partial charge in [-0.15, -0.1) is 0 Å². The van der Waals surface area contributed by atoms with Crippen molar-refractivity contribution in [2.24, 2.45) is 0 Å². The molecule has 1 amide bonds. The fourth-order valence-corrected chi connectivity index (χ4v) is 2.04. The molecule has 0 fully saturated rings. The second-order valence-electron chi connectivity index (χ2n) is 4.69. The summed E-state index contributed by atoms with van der Waals surface area (Å²) in [7, 11) is 0. The number of rotatable bonds is 5. The van der Waals surface area contributed by atoms with Gasteiger partial charge >= 0.3 is 5.97 Å². The highest BCUT2D eigenvalue weighted by Gasteiger charge is 2.10. The first-order valence-corrected chi connectivity index (χ1v) is 7.27. The Morgan fingerprint density at radius 1 is 1.14 bits per heavy atom. The Bertz CT molecular complexity index is 668. The van der Waals surface area contributed by atoms with Gasteiger partial charge in [-0.05, 0) is 42.3 Å². The molecule has 0 aliphatic carbocycles. The van der Waals surface area contributed by atoms with Crippen LogP contribution >= 0.6 is 11.6 Å². The third-order valence-corrected chi connectivity index (χ3v) is 3.28. The zero-order chi connectivity index (χ0) is 15.9. The van der Waals surface area contributed by atoms with E-state index < -0.39 is 5.97 Å². The van der Waals surface area contributed by atoms with Gasteiger partial charge in [-0.2, -0.15) is 0 Å². The van der Waals surface area contributed by atoms with E-state index in [0.29, 0.717) is 16.3 Å². The van der Waals surface area contributed by atoms with Gasteiger partial charge in [-0.25, -0.2) is 4.79 Å². The Morgan fingerprint density at radius 2 is 1.86 bits per heavy atom. The zero-order valence-electron chi connectivity index (χ0n) is 12.1. The van der Waals surface area contributed by atoms with Crippen molar-refractivity contribution in [1.82, 2.24) is 0 Å². The van der Waals surface area contributed by atoms with E-state index in [1.54, 1.807) is 18.2 Å². The number of anilines is 1. The number of carbonyl (C=O) groups is 2. The first-order valence-electron chi connectivity index (χ1n) is 6.90. The van der Waals surface area contributed by atoms with Crippen LogP contribution in [0.25, 0.3) is 0 Å². The molecule has 0 atom stereocenters. The van der Waals surface area contributed by atoms with Crippen LogP contribution in [-0.2, 0) is 16.0 Å². The summed E-state index contributed by atoms with van der Waals surface area (Å²) < 4.78 is 4.95. The van der Waals surface area contributed by atoms with Gasteiger partial charge in [-0.1, -0.05) is 36.7 Å². The zero-order valence-corrected chi connectivity index (χ0v) is 12.9. The van der Waals surface area contributed by atoms with Gasteiger partial charge < -0.3 is 10.1 Å². The molecule has 0 aliphatic heterocycles. The summed E-state index contributed by atoms with van der Waals surface area (Å²) in [6, 6.07) is 13.9. The maximum atomic E-state index is 11.8. The molecule has 0 radical (unpaired) electrons. The third kappa shape index (κ3) is 4.60. The van der Waals surface area contributed by atoms with Crippen LogP contribution in [0.4, 0.5) is 5.69 Å². The molecule has 1 N–H and O–H groups in total. The summed E-state index contributed by atoms with van der Waals surface area (Å²) >= 11 is 5.80. The van der Waals surface area contributed by atoms with Gasteiger partial charge in [0.15, 0.2) is 6.61 Å². The van der Waals surface area contributed by atoms with E-state index in [1.165, 1.54) is 11.6 Å². The highest BCUT2D eigenvalue weighted by molar-refractivity contribution is 6.30. The first kappa shape index (κ1) is 16.0. The molecular formula is C17H16ClNO3. The number of aryl methyl sites for hydroxylation is 1. The summed E-state index contributed by atoms with van der Waals surface area (Å²) in [5.41, 5.74) is 2.17. The van der Waals surface area contributed by atoms with Crippen LogP contribution in [0.1, 0.15) is 22.8 Å². The fourth-order valence-electron chi connectivity index (χ4n) is 1.85. The molecule has 2 aromatic carbocycles. The van der Waals surface area contributed by atoms with Crippen LogP contribution in [0.2, 0.25) is 5.02 Å². The Labute approximate surface area is 134 Å². The Kier molecular flexibility index (Phi) is 5.55. The van der Waals surface area contributed by atoms with E-state index in [9.17, 15) is 9.59 Å². The molecule has 4 nitrogen and oxygen atoms in total. The summed E-state index contributed by atoms with van der Waals surface area (Å²) in [4.78, 5) is 23.5. The average Bonchev–Trinajstić information content (AvgIpc) is 2.53. The molecule has 0 aliphatic rings. The number of benzene rings is 2. The summed E-state index contributed by atoms with van der Waals surface area (Å²) in [6.45, 7) is 1.71. The minimum Gasteiger partial charge on any atom is -0.452 e. The SMILES string of the molecule is CCc1ccc(NC(=O)COC(=O)c2cccc(Cl)c2)cc1. The summed E-state index contributed by atoms with van der Waals surface area (Å²) in [5, 5.41) is 3.11. The van der Waals surface area contributed by atoms with E-state index in [1.807, 2.05) is 24.3 Å². The maximum absolute atomic E-state index is 11.8. The number of halogens is 1. The van der Waals surface area contributed by atoms with Crippen LogP contribution in [0.3, 0.4) is 0 Å². The van der Waals surface area contributed by atoms with Gasteiger partial charge in [0.05, 0.1) is 5.56 Å². The minimum absolute atomic E-state index is 0.313. The first-order chi connectivity index (χ1) is 10.6. The van der Waals surface area contributed by atoms with Crippen molar-refractivity contribution in [3.63, 3.8) is 0 Å². The second kappa shape index (κ2) is 7.61. The Hall–Kier alpha value is -2.33. The molecule has 0 bridgehead atoms. The monoisotopic (exact) mass is 317 g/mol. The van der Waals surface area contributed by atoms with E-state index in [4.69, 9.17) is 16.3 Å². The number of ether oxygens (including phenoxy) is 1. The van der Waals surface area contributed by atoms with E-state index >= 15 is 0 Å². The average molecular weight is 318 g/mol. The van der Waals surface area contributed by atoms with Crippen molar-refractivity contribution in [3.8, 4) is 0 Å². The number of esters is 1. The van der Waals surface area contributed by atoms with Crippen molar-refractivity contribution >= 4 is 29.2 Å². The van der Waals surface area contributed by atoms with Crippen LogP contribution in [-0.4, -0.2) is 18.5 Å². The molecule has 0 saturated heterocycles. The number of amides is 1. The van der Waals surface area contributed by atoms with Crippen molar-refractivity contribution < 1.29 is 14.3 Å². The largest absolute Gasteiger partial charge is 0.452 e. The normalized spacial score (nSPS) is 10.1. The predicted octanol–water partition coefficient (Wildman–Crippen LogP) is 3.70. The van der Waals surface area contributed by atoms with E-state index in [2.05, 4.69) is 12.2 Å². The molecule has 0 heterocycles. The van der Waals surface area contributed by atoms with Gasteiger partial charge in [0.2, 0.25) is 0 Å². The summed E-state index contributed by atoms with van der Waals surface area (Å²) in [5.74, 6) is -0.974. The highest BCUT2D eigenvalue weighted by Crippen LogP contribution is 2.12. The molecule has 114 valence electrons. The van der Waals surface area contributed by atoms with E-state index in [0.717, 1.165) is 6.42 Å². The van der Waals surface area contributed by atoms with Crippen molar-refractivity contribution in [2.75, 3.05) is 11.9 Å². The molecular weight excluding hydrogens is 302 g/mol. The fraction of sp³-hybridized carbons (Fsp3) is 0.176. The predicted molar refractivity (Wildman–Crippen MR) is 86.2 cm³/mol. The Morgan fingerprint density at radius 3 is 2.50 bits per heavy atom. The van der Waals surface area contributed by atoms with Crippen LogP contribution in [0.5, 0.6) is 0 Å². The van der Waals surface area contributed by atoms with Gasteiger partial charge in [0.1, 0.15) is 0 Å². The lowest BCUT2D eigenvalue weighted by Gasteiger charge is -2.07. The Balaban J connectivity index is 1.85. The lowest BCUT2D eigenvalue weighted by Crippen LogP contribution is -2.20. The van der Waals surface area contributed by atoms with Gasteiger partial charge in [0, 0.05) is 10.7 Å². The number of hydrogen-bond acceptors (Lipinski definition) is 3. The molecule has 2 aromatic rings. The third-order valence-electron chi connectivity index (χ3n) is 3.04. The molecule has 0 aromatic heterocycles. The lowest BCUT2D eigenvalue weighted by atomic mass is 10.1. The van der Waals surface area contributed by atoms with Gasteiger partial charge in [-0.3, -0.25) is 4.79 Å². The molecule has 0 spiro atoms. The maximum Gasteiger partial charge on any atom is 0.338 e. The van der Waals surface area contributed by atoms with Crippen molar-refractivity contribution in [2.45, 2.75) is 13.3 Å². The topological polar surface area (TPSA) is 55.4 Å². The van der Waals surface area contributed by atoms with Crippen molar-refractivity contribution in [1.29, 1.82) is 0 Å². The highest BCUT2D eigenvalue weighted by atomic mass is 35.5. The minimum atomic E-state index is -0.584. The standard InChI is InChI=1S/C17H16ClNO3/c1-2-12-6-8-15(9-7-12)19-16(20)11-22-17(21)13-4-3-5-14(18)10-13/h3-10H,2,11H2,1H3,(H,19,20). The van der Waals surface area contributed by atoms with E-state index in [-0.39, 0.29) is 12.5 Å². The van der Waals surface area contributed by atoms with Crippen LogP contribution < -0.4 is 5.32 Å². The summed E-state index contributed by atoms with van der Waals surface area (Å²) in [6.07, 6.45) is 0.936. The number of carbonyl (C=O) groups excluding carboxylic acids is 2. The van der Waals surface area contributed by atoms with Crippen LogP contribution in [0.15, 0.2) is 48.5 Å². The van der Waals surface area contributed by atoms with Gasteiger partial charge in [0.25, 0.3) is 5.91 Å². The molecule has 0 unspecified atom stereocenters. The lowest BCUT2D eigenvalue weighted by molar-refractivity contribution is -0.119. The smallest absolute Gasteiger partial charge is 0.338 e. The second-order valence-corrected chi connectivity index (χ2v) is 5.12. The molecule has 22 heavy (non-hydrogen) atoms. The van der Waals surface area contributed by atoms with Crippen LogP contribution in [0, 0.1) is 0 Å². The van der Waals surface area contributed by atoms with Crippen molar-refractivity contribution in [3.05, 3.63) is 64.7 Å². The number of nitrogens with one attached hydrogen (secondary N) is 1. The number of hydrogen-bond donors (Lipinski definition) is 1. The molecule has 5 heteroatoms. The quantitative estimate of drug-likeness (QED) is 0.855. The molecule has 0 saturated carbocycles. The molecule has 2 rings (SSSR count).